The van der Waals surface area contributed by atoms with Crippen LogP contribution in [0.15, 0.2) is 36.7 Å². The molecule has 0 bridgehead atoms. The van der Waals surface area contributed by atoms with Crippen LogP contribution in [0.25, 0.3) is 0 Å². The van der Waals surface area contributed by atoms with Crippen LogP contribution in [0.1, 0.15) is 49.5 Å². The average Bonchev–Trinajstić information content (AvgIpc) is 2.62. The minimum Gasteiger partial charge on any atom is -0.339 e. The van der Waals surface area contributed by atoms with Crippen LogP contribution in [-0.2, 0) is 6.42 Å². The van der Waals surface area contributed by atoms with Gasteiger partial charge in [0.2, 0.25) is 5.95 Å². The molecule has 0 unspecified atom stereocenters. The van der Waals surface area contributed by atoms with E-state index in [9.17, 15) is 4.79 Å². The first-order valence-electron chi connectivity index (χ1n) is 8.65. The van der Waals surface area contributed by atoms with Crippen LogP contribution in [0.5, 0.6) is 0 Å². The molecule has 0 radical (unpaired) electrons. The van der Waals surface area contributed by atoms with Crippen LogP contribution in [-0.4, -0.2) is 33.9 Å². The van der Waals surface area contributed by atoms with Gasteiger partial charge in [0.1, 0.15) is 0 Å². The molecule has 5 nitrogen and oxygen atoms in total. The maximum absolute atomic E-state index is 12.5. The van der Waals surface area contributed by atoms with Crippen molar-refractivity contribution < 1.29 is 4.79 Å². The van der Waals surface area contributed by atoms with Gasteiger partial charge in [-0.15, -0.1) is 0 Å². The summed E-state index contributed by atoms with van der Waals surface area (Å²) in [5, 5.41) is 3.22. The second-order valence-electron chi connectivity index (χ2n) is 5.72. The number of aromatic nitrogens is 2. The molecule has 1 heterocycles. The van der Waals surface area contributed by atoms with Gasteiger partial charge in [-0.05, 0) is 30.9 Å². The van der Waals surface area contributed by atoms with Crippen molar-refractivity contribution in [2.75, 3.05) is 18.4 Å². The van der Waals surface area contributed by atoms with Gasteiger partial charge in [-0.25, -0.2) is 9.97 Å². The van der Waals surface area contributed by atoms with Gasteiger partial charge in [0.25, 0.3) is 5.91 Å². The fourth-order valence-electron chi connectivity index (χ4n) is 2.61. The summed E-state index contributed by atoms with van der Waals surface area (Å²) in [6.07, 6.45) is 6.03. The van der Waals surface area contributed by atoms with Gasteiger partial charge < -0.3 is 10.2 Å². The smallest absolute Gasteiger partial charge is 0.256 e. The maximum Gasteiger partial charge on any atom is 0.256 e. The predicted molar refractivity (Wildman–Crippen MR) is 97.6 cm³/mol. The topological polar surface area (TPSA) is 58.1 Å². The zero-order valence-electron chi connectivity index (χ0n) is 14.7. The summed E-state index contributed by atoms with van der Waals surface area (Å²) in [6.45, 7) is 7.78. The van der Waals surface area contributed by atoms with Crippen molar-refractivity contribution in [1.29, 1.82) is 0 Å². The summed E-state index contributed by atoms with van der Waals surface area (Å²) >= 11 is 0. The Morgan fingerprint density at radius 1 is 1.04 bits per heavy atom. The van der Waals surface area contributed by atoms with Gasteiger partial charge in [0.15, 0.2) is 0 Å². The third kappa shape index (κ3) is 4.54. The number of hydrogen-bond acceptors (Lipinski definition) is 4. The van der Waals surface area contributed by atoms with Gasteiger partial charge in [-0.2, -0.15) is 0 Å². The van der Waals surface area contributed by atoms with Crippen molar-refractivity contribution in [3.8, 4) is 0 Å². The second-order valence-corrected chi connectivity index (χ2v) is 5.72. The molecular weight excluding hydrogens is 300 g/mol. The van der Waals surface area contributed by atoms with Crippen molar-refractivity contribution in [3.05, 3.63) is 47.8 Å². The molecule has 0 aliphatic rings. The first kappa shape index (κ1) is 17.9. The van der Waals surface area contributed by atoms with Crippen molar-refractivity contribution in [1.82, 2.24) is 14.9 Å². The van der Waals surface area contributed by atoms with E-state index in [0.29, 0.717) is 11.5 Å². The molecule has 24 heavy (non-hydrogen) atoms. The van der Waals surface area contributed by atoms with Crippen LogP contribution in [0.2, 0.25) is 0 Å². The van der Waals surface area contributed by atoms with E-state index >= 15 is 0 Å². The fraction of sp³-hybridized carbons (Fsp3) is 0.421. The highest BCUT2D eigenvalue weighted by molar-refractivity contribution is 5.93. The lowest BCUT2D eigenvalue weighted by Gasteiger charge is -2.21. The Kier molecular flexibility index (Phi) is 6.73. The van der Waals surface area contributed by atoms with E-state index in [4.69, 9.17) is 0 Å². The normalized spacial score (nSPS) is 10.5. The molecule has 0 spiro atoms. The number of para-hydroxylation sites is 1. The van der Waals surface area contributed by atoms with E-state index in [2.05, 4.69) is 42.1 Å². The van der Waals surface area contributed by atoms with Crippen molar-refractivity contribution in [3.63, 3.8) is 0 Å². The Hall–Kier alpha value is -2.43. The maximum atomic E-state index is 12.5. The molecule has 0 atom stereocenters. The molecule has 5 heteroatoms. The number of aryl methyl sites for hydroxylation is 1. The van der Waals surface area contributed by atoms with Crippen molar-refractivity contribution >= 4 is 17.5 Å². The van der Waals surface area contributed by atoms with Gasteiger partial charge in [0.05, 0.1) is 5.56 Å². The number of nitrogens with one attached hydrogen (secondary N) is 1. The van der Waals surface area contributed by atoms with Gasteiger partial charge in [0, 0.05) is 31.2 Å². The molecule has 1 aromatic heterocycles. The molecule has 1 amide bonds. The Bertz CT molecular complexity index is 649. The molecule has 128 valence electrons. The predicted octanol–water partition coefficient (Wildman–Crippen LogP) is 4.04. The summed E-state index contributed by atoms with van der Waals surface area (Å²) in [5.41, 5.74) is 2.74. The highest BCUT2D eigenvalue weighted by Crippen LogP contribution is 2.19. The van der Waals surface area contributed by atoms with Crippen molar-refractivity contribution in [2.24, 2.45) is 0 Å². The van der Waals surface area contributed by atoms with Gasteiger partial charge >= 0.3 is 0 Å². The Morgan fingerprint density at radius 2 is 1.67 bits per heavy atom. The Morgan fingerprint density at radius 3 is 2.25 bits per heavy atom. The largest absolute Gasteiger partial charge is 0.339 e. The standard InChI is InChI=1S/C19H26N4O/c1-4-11-23(12-5-2)18(24)16-13-20-19(21-14-16)22-17-10-8-7-9-15(17)6-3/h7-10,13-14H,4-6,11-12H2,1-3H3,(H,20,21,22). The molecule has 1 N–H and O–H groups in total. The van der Waals surface area contributed by atoms with Crippen molar-refractivity contribution in [2.45, 2.75) is 40.0 Å². The Balaban J connectivity index is 2.11. The molecule has 0 aliphatic carbocycles. The van der Waals surface area contributed by atoms with Gasteiger partial charge in [-0.3, -0.25) is 4.79 Å². The van der Waals surface area contributed by atoms with Crippen LogP contribution < -0.4 is 5.32 Å². The number of nitrogens with zero attached hydrogens (tertiary/aromatic N) is 3. The molecule has 0 fully saturated rings. The zero-order chi connectivity index (χ0) is 17.4. The van der Waals surface area contributed by atoms with Crippen LogP contribution in [0, 0.1) is 0 Å². The zero-order valence-corrected chi connectivity index (χ0v) is 14.7. The lowest BCUT2D eigenvalue weighted by molar-refractivity contribution is 0.0755. The number of hydrogen-bond donors (Lipinski definition) is 1. The van der Waals surface area contributed by atoms with E-state index in [1.807, 2.05) is 23.1 Å². The number of rotatable bonds is 8. The quantitative estimate of drug-likeness (QED) is 0.795. The third-order valence-corrected chi connectivity index (χ3v) is 3.82. The van der Waals surface area contributed by atoms with E-state index in [1.54, 1.807) is 12.4 Å². The first-order valence-corrected chi connectivity index (χ1v) is 8.65. The fourth-order valence-corrected chi connectivity index (χ4v) is 2.61. The summed E-state index contributed by atoms with van der Waals surface area (Å²) in [6, 6.07) is 8.08. The van der Waals surface area contributed by atoms with Crippen LogP contribution in [0.4, 0.5) is 11.6 Å². The SMILES string of the molecule is CCCN(CCC)C(=O)c1cnc(Nc2ccccc2CC)nc1. The number of carbonyl (C=O) groups is 1. The molecule has 2 rings (SSSR count). The molecule has 0 aliphatic heterocycles. The molecule has 0 saturated heterocycles. The second kappa shape index (κ2) is 9.01. The van der Waals surface area contributed by atoms with Crippen LogP contribution >= 0.6 is 0 Å². The summed E-state index contributed by atoms with van der Waals surface area (Å²) in [5.74, 6) is 0.504. The number of benzene rings is 1. The van der Waals surface area contributed by atoms with E-state index in [1.165, 1.54) is 5.56 Å². The molecule has 0 saturated carbocycles. The molecule has 1 aromatic carbocycles. The highest BCUT2D eigenvalue weighted by atomic mass is 16.2. The van der Waals surface area contributed by atoms with Crippen LogP contribution in [0.3, 0.4) is 0 Å². The van der Waals surface area contributed by atoms with E-state index in [0.717, 1.165) is 38.0 Å². The summed E-state index contributed by atoms with van der Waals surface area (Å²) in [4.78, 5) is 23.0. The monoisotopic (exact) mass is 326 g/mol. The number of amides is 1. The molecule has 2 aromatic rings. The molecular formula is C19H26N4O. The van der Waals surface area contributed by atoms with E-state index in [-0.39, 0.29) is 5.91 Å². The van der Waals surface area contributed by atoms with E-state index < -0.39 is 0 Å². The number of carbonyl (C=O) groups excluding carboxylic acids is 1. The average molecular weight is 326 g/mol. The third-order valence-electron chi connectivity index (χ3n) is 3.82. The van der Waals surface area contributed by atoms with Gasteiger partial charge in [-0.1, -0.05) is 39.0 Å². The number of anilines is 2. The summed E-state index contributed by atoms with van der Waals surface area (Å²) < 4.78 is 0. The first-order chi connectivity index (χ1) is 11.7. The minimum absolute atomic E-state index is 0.000733. The minimum atomic E-state index is -0.000733. The lowest BCUT2D eigenvalue weighted by Crippen LogP contribution is -2.32. The Labute approximate surface area is 144 Å². The summed E-state index contributed by atoms with van der Waals surface area (Å²) in [7, 11) is 0. The lowest BCUT2D eigenvalue weighted by atomic mass is 10.1. The highest BCUT2D eigenvalue weighted by Gasteiger charge is 2.15.